The Morgan fingerprint density at radius 3 is 2.48 bits per heavy atom. The number of carboxylic acids is 1. The molecule has 0 saturated heterocycles. The molecule has 0 fully saturated rings. The molecule has 1 aromatic heterocycles. The van der Waals surface area contributed by atoms with Crippen molar-refractivity contribution in [2.45, 2.75) is 10.8 Å². The third-order valence-electron chi connectivity index (χ3n) is 2.98. The minimum atomic E-state index is -1.11. The average molecular weight is 296 g/mol. The Bertz CT molecular complexity index is 791. The number of fused-ring (bicyclic) bond motifs is 1. The van der Waals surface area contributed by atoms with Gasteiger partial charge in [0.15, 0.2) is 0 Å². The molecule has 0 unspecified atom stereocenters. The number of hydrogen-bond donors (Lipinski definition) is 1. The standard InChI is InChI=1S/C16H12N2O2S/c19-16(20)14-17-13-9-5-4-8-12(13)15(18-14)21-10-11-6-2-1-3-7-11/h1-9H,10H2,(H,19,20). The largest absolute Gasteiger partial charge is 0.475 e. The maximum atomic E-state index is 11.1. The topological polar surface area (TPSA) is 63.1 Å². The number of carbonyl (C=O) groups is 1. The van der Waals surface area contributed by atoms with E-state index in [1.54, 1.807) is 6.07 Å². The quantitative estimate of drug-likeness (QED) is 0.588. The Morgan fingerprint density at radius 1 is 1.00 bits per heavy atom. The van der Waals surface area contributed by atoms with Gasteiger partial charge in [0.2, 0.25) is 5.82 Å². The van der Waals surface area contributed by atoms with Gasteiger partial charge in [-0.05, 0) is 11.6 Å². The van der Waals surface area contributed by atoms with Crippen molar-refractivity contribution >= 4 is 28.6 Å². The molecule has 0 saturated carbocycles. The lowest BCUT2D eigenvalue weighted by atomic mass is 10.2. The van der Waals surface area contributed by atoms with Crippen LogP contribution in [-0.4, -0.2) is 21.0 Å². The average Bonchev–Trinajstić information content (AvgIpc) is 2.53. The van der Waals surface area contributed by atoms with Crippen molar-refractivity contribution < 1.29 is 9.90 Å². The van der Waals surface area contributed by atoms with Gasteiger partial charge in [-0.15, -0.1) is 11.8 Å². The van der Waals surface area contributed by atoms with Crippen molar-refractivity contribution in [2.75, 3.05) is 0 Å². The van der Waals surface area contributed by atoms with Crippen LogP contribution in [0.25, 0.3) is 10.9 Å². The molecule has 5 heteroatoms. The summed E-state index contributed by atoms with van der Waals surface area (Å²) in [5.41, 5.74) is 1.82. The van der Waals surface area contributed by atoms with Crippen LogP contribution < -0.4 is 0 Å². The van der Waals surface area contributed by atoms with Gasteiger partial charge >= 0.3 is 5.97 Å². The van der Waals surface area contributed by atoms with E-state index in [4.69, 9.17) is 5.11 Å². The highest BCUT2D eigenvalue weighted by molar-refractivity contribution is 7.98. The molecule has 0 aliphatic heterocycles. The molecular weight excluding hydrogens is 284 g/mol. The van der Waals surface area contributed by atoms with Crippen molar-refractivity contribution in [1.82, 2.24) is 9.97 Å². The van der Waals surface area contributed by atoms with Gasteiger partial charge in [-0.3, -0.25) is 0 Å². The lowest BCUT2D eigenvalue weighted by molar-refractivity contribution is 0.0683. The summed E-state index contributed by atoms with van der Waals surface area (Å²) in [4.78, 5) is 19.4. The fourth-order valence-electron chi connectivity index (χ4n) is 1.98. The van der Waals surface area contributed by atoms with Crippen LogP contribution in [0, 0.1) is 0 Å². The van der Waals surface area contributed by atoms with Crippen molar-refractivity contribution in [2.24, 2.45) is 0 Å². The first-order chi connectivity index (χ1) is 10.2. The lowest BCUT2D eigenvalue weighted by Gasteiger charge is -2.06. The summed E-state index contributed by atoms with van der Waals surface area (Å²) >= 11 is 1.52. The van der Waals surface area contributed by atoms with E-state index in [0.717, 1.165) is 11.1 Å². The third kappa shape index (κ3) is 3.03. The van der Waals surface area contributed by atoms with Crippen LogP contribution in [0.1, 0.15) is 16.2 Å². The fraction of sp³-hybridized carbons (Fsp3) is 0.0625. The van der Waals surface area contributed by atoms with E-state index in [-0.39, 0.29) is 5.82 Å². The second-order valence-electron chi connectivity index (χ2n) is 4.45. The molecular formula is C16H12N2O2S. The Morgan fingerprint density at radius 2 is 1.71 bits per heavy atom. The minimum absolute atomic E-state index is 0.163. The number of para-hydroxylation sites is 1. The van der Waals surface area contributed by atoms with E-state index < -0.39 is 5.97 Å². The number of nitrogens with zero attached hydrogens (tertiary/aromatic N) is 2. The normalized spacial score (nSPS) is 10.7. The number of rotatable bonds is 4. The predicted octanol–water partition coefficient (Wildman–Crippen LogP) is 3.62. The molecule has 2 aromatic carbocycles. The van der Waals surface area contributed by atoms with Crippen LogP contribution in [0.4, 0.5) is 0 Å². The highest BCUT2D eigenvalue weighted by Crippen LogP contribution is 2.27. The van der Waals surface area contributed by atoms with Gasteiger partial charge in [0.1, 0.15) is 5.03 Å². The van der Waals surface area contributed by atoms with Crippen molar-refractivity contribution in [1.29, 1.82) is 0 Å². The molecule has 4 nitrogen and oxygen atoms in total. The second kappa shape index (κ2) is 5.93. The molecule has 3 rings (SSSR count). The number of aromatic carboxylic acids is 1. The first-order valence-corrected chi connectivity index (χ1v) is 7.39. The summed E-state index contributed by atoms with van der Waals surface area (Å²) in [6.07, 6.45) is 0. The maximum Gasteiger partial charge on any atom is 0.373 e. The van der Waals surface area contributed by atoms with Gasteiger partial charge in [0.05, 0.1) is 5.52 Å². The SMILES string of the molecule is O=C(O)c1nc(SCc2ccccc2)c2ccccc2n1. The summed E-state index contributed by atoms with van der Waals surface area (Å²) in [5, 5.41) is 10.7. The summed E-state index contributed by atoms with van der Waals surface area (Å²) in [6, 6.07) is 17.5. The van der Waals surface area contributed by atoms with Gasteiger partial charge < -0.3 is 5.11 Å². The van der Waals surface area contributed by atoms with Crippen LogP contribution in [-0.2, 0) is 5.75 Å². The summed E-state index contributed by atoms with van der Waals surface area (Å²) in [6.45, 7) is 0. The number of carboxylic acid groups (broad SMARTS) is 1. The molecule has 0 aliphatic carbocycles. The van der Waals surface area contributed by atoms with Crippen molar-refractivity contribution in [3.8, 4) is 0 Å². The van der Waals surface area contributed by atoms with Crippen molar-refractivity contribution in [3.05, 3.63) is 66.0 Å². The Labute approximate surface area is 125 Å². The first kappa shape index (κ1) is 13.6. The zero-order chi connectivity index (χ0) is 14.7. The number of thioether (sulfide) groups is 1. The number of hydrogen-bond acceptors (Lipinski definition) is 4. The molecule has 21 heavy (non-hydrogen) atoms. The Hall–Kier alpha value is -2.40. The number of benzene rings is 2. The van der Waals surface area contributed by atoms with E-state index in [1.807, 2.05) is 48.5 Å². The molecule has 0 amide bonds. The van der Waals surface area contributed by atoms with E-state index in [0.29, 0.717) is 10.5 Å². The second-order valence-corrected chi connectivity index (χ2v) is 5.41. The maximum absolute atomic E-state index is 11.1. The summed E-state index contributed by atoms with van der Waals surface area (Å²) in [7, 11) is 0. The van der Waals surface area contributed by atoms with Gasteiger partial charge in [0, 0.05) is 11.1 Å². The molecule has 1 N–H and O–H groups in total. The monoisotopic (exact) mass is 296 g/mol. The highest BCUT2D eigenvalue weighted by Gasteiger charge is 2.12. The van der Waals surface area contributed by atoms with Crippen LogP contribution >= 0.6 is 11.8 Å². The van der Waals surface area contributed by atoms with Crippen molar-refractivity contribution in [3.63, 3.8) is 0 Å². The van der Waals surface area contributed by atoms with Crippen LogP contribution in [0.15, 0.2) is 59.6 Å². The summed E-state index contributed by atoms with van der Waals surface area (Å²) in [5.74, 6) is -0.535. The zero-order valence-electron chi connectivity index (χ0n) is 11.1. The minimum Gasteiger partial charge on any atom is -0.475 e. The molecule has 0 radical (unpaired) electrons. The highest BCUT2D eigenvalue weighted by atomic mass is 32.2. The van der Waals surface area contributed by atoms with Gasteiger partial charge in [-0.1, -0.05) is 48.5 Å². The van der Waals surface area contributed by atoms with Crippen LogP contribution in [0.2, 0.25) is 0 Å². The molecule has 104 valence electrons. The zero-order valence-corrected chi connectivity index (χ0v) is 11.9. The van der Waals surface area contributed by atoms with Crippen LogP contribution in [0.5, 0.6) is 0 Å². The first-order valence-electron chi connectivity index (χ1n) is 6.41. The molecule has 0 aliphatic rings. The van der Waals surface area contributed by atoms with Crippen LogP contribution in [0.3, 0.4) is 0 Å². The predicted molar refractivity (Wildman–Crippen MR) is 82.5 cm³/mol. The lowest BCUT2D eigenvalue weighted by Crippen LogP contribution is -2.05. The smallest absolute Gasteiger partial charge is 0.373 e. The molecule has 3 aromatic rings. The van der Waals surface area contributed by atoms with E-state index >= 15 is 0 Å². The number of aromatic nitrogens is 2. The Balaban J connectivity index is 1.98. The van der Waals surface area contributed by atoms with E-state index in [9.17, 15) is 4.79 Å². The summed E-state index contributed by atoms with van der Waals surface area (Å²) < 4.78 is 0. The van der Waals surface area contributed by atoms with Gasteiger partial charge in [0.25, 0.3) is 0 Å². The Kier molecular flexibility index (Phi) is 3.83. The van der Waals surface area contributed by atoms with E-state index in [1.165, 1.54) is 17.3 Å². The third-order valence-corrected chi connectivity index (χ3v) is 4.04. The van der Waals surface area contributed by atoms with Gasteiger partial charge in [-0.2, -0.15) is 0 Å². The molecule has 0 atom stereocenters. The fourth-order valence-corrected chi connectivity index (χ4v) is 2.95. The van der Waals surface area contributed by atoms with E-state index in [2.05, 4.69) is 9.97 Å². The molecule has 1 heterocycles. The molecule has 0 spiro atoms. The van der Waals surface area contributed by atoms with Gasteiger partial charge in [-0.25, -0.2) is 14.8 Å². The molecule has 0 bridgehead atoms.